The van der Waals surface area contributed by atoms with Crippen molar-refractivity contribution in [2.75, 3.05) is 0 Å². The van der Waals surface area contributed by atoms with Gasteiger partial charge in [-0.05, 0) is 37.5 Å². The molecule has 1 heterocycles. The van der Waals surface area contributed by atoms with Crippen LogP contribution in [0, 0.1) is 5.92 Å². The molecule has 0 bridgehead atoms. The van der Waals surface area contributed by atoms with E-state index in [1.165, 1.54) is 12.1 Å². The van der Waals surface area contributed by atoms with Crippen molar-refractivity contribution in [3.8, 4) is 0 Å². The minimum atomic E-state index is -4.99. The summed E-state index contributed by atoms with van der Waals surface area (Å²) in [6, 6.07) is 6.02. The van der Waals surface area contributed by atoms with Crippen molar-refractivity contribution in [2.24, 2.45) is 11.0 Å². The normalized spacial score (nSPS) is 27.5. The van der Waals surface area contributed by atoms with Gasteiger partial charge in [-0.2, -0.15) is 23.3 Å². The number of benzene rings is 1. The van der Waals surface area contributed by atoms with Crippen LogP contribution in [0.4, 0.5) is 13.2 Å². The van der Waals surface area contributed by atoms with Gasteiger partial charge in [0.15, 0.2) is 0 Å². The minimum absolute atomic E-state index is 0.0351. The summed E-state index contributed by atoms with van der Waals surface area (Å²) in [6.45, 7) is 0. The highest BCUT2D eigenvalue weighted by Crippen LogP contribution is 2.48. The van der Waals surface area contributed by atoms with Crippen molar-refractivity contribution >= 4 is 27.5 Å². The molecular weight excluding hydrogens is 389 g/mol. The van der Waals surface area contributed by atoms with E-state index in [9.17, 15) is 23.1 Å². The van der Waals surface area contributed by atoms with Crippen molar-refractivity contribution in [3.63, 3.8) is 0 Å². The number of aliphatic hydroxyl groups is 1. The predicted molar refractivity (Wildman–Crippen MR) is 85.3 cm³/mol. The van der Waals surface area contributed by atoms with Gasteiger partial charge in [0.05, 0.1) is 5.92 Å². The van der Waals surface area contributed by atoms with Crippen molar-refractivity contribution in [1.29, 1.82) is 0 Å². The molecule has 1 fully saturated rings. The molecule has 0 saturated heterocycles. The van der Waals surface area contributed by atoms with Crippen LogP contribution in [0.3, 0.4) is 0 Å². The second-order valence-electron chi connectivity index (χ2n) is 6.09. The molecule has 1 amide bonds. The van der Waals surface area contributed by atoms with E-state index in [0.717, 1.165) is 6.42 Å². The van der Waals surface area contributed by atoms with E-state index in [4.69, 9.17) is 0 Å². The summed E-state index contributed by atoms with van der Waals surface area (Å²) in [5, 5.41) is 14.7. The number of halogens is 4. The number of alkyl halides is 3. The van der Waals surface area contributed by atoms with Crippen LogP contribution in [0.2, 0.25) is 0 Å². The van der Waals surface area contributed by atoms with Gasteiger partial charge in [0.25, 0.3) is 11.6 Å². The van der Waals surface area contributed by atoms with Crippen molar-refractivity contribution in [1.82, 2.24) is 5.01 Å². The largest absolute Gasteiger partial charge is 0.439 e. The lowest BCUT2D eigenvalue weighted by Crippen LogP contribution is -2.61. The van der Waals surface area contributed by atoms with Gasteiger partial charge in [0, 0.05) is 15.7 Å². The minimum Gasteiger partial charge on any atom is -0.362 e. The monoisotopic (exact) mass is 404 g/mol. The van der Waals surface area contributed by atoms with Gasteiger partial charge in [-0.15, -0.1) is 0 Å². The molecule has 0 radical (unpaired) electrons. The van der Waals surface area contributed by atoms with E-state index in [1.807, 2.05) is 0 Å². The van der Waals surface area contributed by atoms with E-state index < -0.39 is 23.7 Å². The van der Waals surface area contributed by atoms with Crippen molar-refractivity contribution in [3.05, 3.63) is 34.3 Å². The lowest BCUT2D eigenvalue weighted by Gasteiger charge is -2.37. The number of hydrazone groups is 1. The Morgan fingerprint density at radius 3 is 2.75 bits per heavy atom. The van der Waals surface area contributed by atoms with E-state index in [2.05, 4.69) is 21.0 Å². The van der Waals surface area contributed by atoms with Gasteiger partial charge in [0.1, 0.15) is 0 Å². The van der Waals surface area contributed by atoms with Crippen molar-refractivity contribution < 1.29 is 23.1 Å². The number of carbonyl (C=O) groups is 1. The van der Waals surface area contributed by atoms with E-state index in [0.29, 0.717) is 23.7 Å². The lowest BCUT2D eigenvalue weighted by atomic mass is 9.87. The Hall–Kier alpha value is -1.41. The van der Waals surface area contributed by atoms with Crippen LogP contribution in [-0.2, 0) is 0 Å². The third-order valence-corrected chi connectivity index (χ3v) is 5.04. The molecular formula is C16H16BrF3N2O2. The maximum Gasteiger partial charge on any atom is 0.439 e. The lowest BCUT2D eigenvalue weighted by molar-refractivity contribution is -0.312. The van der Waals surface area contributed by atoms with E-state index in [1.54, 1.807) is 12.1 Å². The fourth-order valence-electron chi connectivity index (χ4n) is 3.34. The Bertz CT molecular complexity index is 692. The molecule has 1 aliphatic carbocycles. The highest BCUT2D eigenvalue weighted by atomic mass is 79.9. The van der Waals surface area contributed by atoms with Gasteiger partial charge in [-0.1, -0.05) is 34.8 Å². The van der Waals surface area contributed by atoms with Crippen LogP contribution in [0.25, 0.3) is 0 Å². The van der Waals surface area contributed by atoms with Crippen molar-refractivity contribution in [2.45, 2.75) is 44.0 Å². The third-order valence-electron chi connectivity index (χ3n) is 4.55. The summed E-state index contributed by atoms with van der Waals surface area (Å²) in [5.41, 5.74) is -2.99. The average molecular weight is 405 g/mol. The highest BCUT2D eigenvalue weighted by Gasteiger charge is 2.68. The Labute approximate surface area is 145 Å². The molecule has 2 aliphatic rings. The SMILES string of the molecule is O=C(c1cccc(Br)c1)N1N=C2CCCCCC2C1(O)C(F)(F)F. The molecule has 0 spiro atoms. The molecule has 4 nitrogen and oxygen atoms in total. The maximum atomic E-state index is 13.7. The summed E-state index contributed by atoms with van der Waals surface area (Å²) >= 11 is 3.19. The summed E-state index contributed by atoms with van der Waals surface area (Å²) in [5.74, 6) is -2.16. The molecule has 2 atom stereocenters. The van der Waals surface area contributed by atoms with Crippen LogP contribution in [0.1, 0.15) is 42.5 Å². The van der Waals surface area contributed by atoms with Crippen LogP contribution in [0.5, 0.6) is 0 Å². The zero-order valence-corrected chi connectivity index (χ0v) is 14.3. The summed E-state index contributed by atoms with van der Waals surface area (Å²) in [4.78, 5) is 12.6. The Balaban J connectivity index is 2.05. The fourth-order valence-corrected chi connectivity index (χ4v) is 3.74. The van der Waals surface area contributed by atoms with Gasteiger partial charge in [-0.25, -0.2) is 0 Å². The van der Waals surface area contributed by atoms with Gasteiger partial charge in [0.2, 0.25) is 0 Å². The van der Waals surface area contributed by atoms with E-state index >= 15 is 0 Å². The molecule has 1 aromatic carbocycles. The number of carbonyl (C=O) groups excluding carboxylic acids is 1. The van der Waals surface area contributed by atoms with Crippen LogP contribution < -0.4 is 0 Å². The smallest absolute Gasteiger partial charge is 0.362 e. The Morgan fingerprint density at radius 1 is 1.33 bits per heavy atom. The number of nitrogens with zero attached hydrogens (tertiary/aromatic N) is 2. The maximum absolute atomic E-state index is 13.7. The second-order valence-corrected chi connectivity index (χ2v) is 7.01. The second kappa shape index (κ2) is 6.15. The summed E-state index contributed by atoms with van der Waals surface area (Å²) in [6.07, 6.45) is -2.39. The first-order valence-corrected chi connectivity index (χ1v) is 8.51. The number of amides is 1. The molecule has 8 heteroatoms. The third kappa shape index (κ3) is 2.75. The first kappa shape index (κ1) is 17.4. The molecule has 1 aromatic rings. The summed E-state index contributed by atoms with van der Waals surface area (Å²) in [7, 11) is 0. The zero-order chi connectivity index (χ0) is 17.5. The Morgan fingerprint density at radius 2 is 2.08 bits per heavy atom. The highest BCUT2D eigenvalue weighted by molar-refractivity contribution is 9.10. The Kier molecular flexibility index (Phi) is 4.46. The van der Waals surface area contributed by atoms with Crippen LogP contribution >= 0.6 is 15.9 Å². The molecule has 2 unspecified atom stereocenters. The number of hydrogen-bond donors (Lipinski definition) is 1. The molecule has 24 heavy (non-hydrogen) atoms. The van der Waals surface area contributed by atoms with Gasteiger partial charge >= 0.3 is 6.18 Å². The molecule has 0 aromatic heterocycles. The van der Waals surface area contributed by atoms with E-state index in [-0.39, 0.29) is 22.7 Å². The van der Waals surface area contributed by atoms with Gasteiger partial charge in [-0.3, -0.25) is 4.79 Å². The first-order valence-electron chi connectivity index (χ1n) is 7.71. The molecule has 1 aliphatic heterocycles. The summed E-state index contributed by atoms with van der Waals surface area (Å²) < 4.78 is 41.7. The molecule has 130 valence electrons. The molecule has 1 N–H and O–H groups in total. The number of fused-ring (bicyclic) bond motifs is 1. The fraction of sp³-hybridized carbons (Fsp3) is 0.500. The van der Waals surface area contributed by atoms with Gasteiger partial charge < -0.3 is 5.11 Å². The molecule has 3 rings (SSSR count). The quantitative estimate of drug-likeness (QED) is 0.765. The first-order chi connectivity index (χ1) is 11.2. The number of hydrogen-bond acceptors (Lipinski definition) is 3. The predicted octanol–water partition coefficient (Wildman–Crippen LogP) is 4.09. The molecule has 1 saturated carbocycles. The number of rotatable bonds is 1. The topological polar surface area (TPSA) is 52.9 Å². The van der Waals surface area contributed by atoms with Crippen LogP contribution in [0.15, 0.2) is 33.8 Å². The zero-order valence-electron chi connectivity index (χ0n) is 12.7. The standard InChI is InChI=1S/C16H16BrF3N2O2/c17-11-6-4-5-10(9-11)14(23)22-15(24,16(18,19)20)12-7-2-1-3-8-13(12)21-22/h4-6,9,12,24H,1-3,7-8H2. The average Bonchev–Trinajstić information content (AvgIpc) is 2.68. The van der Waals surface area contributed by atoms with Crippen LogP contribution in [-0.4, -0.2) is 33.6 Å².